The number of rotatable bonds is 7. The van der Waals surface area contributed by atoms with E-state index in [1.165, 1.54) is 35.5 Å². The van der Waals surface area contributed by atoms with Crippen molar-refractivity contribution in [2.45, 2.75) is 95.6 Å². The molecule has 0 spiro atoms. The molecule has 0 aliphatic rings. The summed E-state index contributed by atoms with van der Waals surface area (Å²) in [5, 5.41) is 13.6. The van der Waals surface area contributed by atoms with E-state index in [0.29, 0.717) is 5.75 Å². The maximum atomic E-state index is 10.8. The standard InChI is InChI=1S/C21H36OSe/c1-8-9-12-23-13-10-11-16-14-17(20(2,3)4)19(22)18(15-16)21(5,6)7/h14-15,22H,8-13H2,1-7H3. The van der Waals surface area contributed by atoms with E-state index >= 15 is 0 Å². The van der Waals surface area contributed by atoms with Gasteiger partial charge in [-0.3, -0.25) is 0 Å². The summed E-state index contributed by atoms with van der Waals surface area (Å²) in [4.78, 5) is 0. The Hall–Kier alpha value is -0.461. The predicted molar refractivity (Wildman–Crippen MR) is 104 cm³/mol. The molecule has 0 heterocycles. The number of phenols is 1. The molecular formula is C21H36OSe. The summed E-state index contributed by atoms with van der Waals surface area (Å²) >= 11 is 0.812. The van der Waals surface area contributed by atoms with Crippen LogP contribution < -0.4 is 0 Å². The number of hydrogen-bond acceptors (Lipinski definition) is 1. The van der Waals surface area contributed by atoms with Crippen LogP contribution in [0.3, 0.4) is 0 Å². The first-order valence-electron chi connectivity index (χ1n) is 9.02. The third kappa shape index (κ3) is 6.51. The zero-order valence-electron chi connectivity index (χ0n) is 16.3. The summed E-state index contributed by atoms with van der Waals surface area (Å²) in [6, 6.07) is 4.48. The second-order valence-corrected chi connectivity index (χ2v) is 11.2. The molecule has 132 valence electrons. The summed E-state index contributed by atoms with van der Waals surface area (Å²) in [7, 11) is 0. The summed E-state index contributed by atoms with van der Waals surface area (Å²) < 4.78 is 0. The van der Waals surface area contributed by atoms with Gasteiger partial charge in [0.25, 0.3) is 0 Å². The van der Waals surface area contributed by atoms with Crippen molar-refractivity contribution < 1.29 is 5.11 Å². The Balaban J connectivity index is 2.91. The maximum absolute atomic E-state index is 10.8. The Kier molecular flexibility index (Phi) is 7.68. The van der Waals surface area contributed by atoms with Crippen molar-refractivity contribution in [3.63, 3.8) is 0 Å². The molecule has 0 aliphatic carbocycles. The van der Waals surface area contributed by atoms with Crippen LogP contribution in [0.15, 0.2) is 12.1 Å². The van der Waals surface area contributed by atoms with E-state index in [1.54, 1.807) is 0 Å². The van der Waals surface area contributed by atoms with Crippen LogP contribution >= 0.6 is 0 Å². The Bertz CT molecular complexity index is 457. The number of phenolic OH excluding ortho intramolecular Hbond substituents is 1. The topological polar surface area (TPSA) is 20.2 Å². The van der Waals surface area contributed by atoms with Crippen LogP contribution in [-0.4, -0.2) is 20.1 Å². The monoisotopic (exact) mass is 384 g/mol. The van der Waals surface area contributed by atoms with Gasteiger partial charge in [0.05, 0.1) is 0 Å². The van der Waals surface area contributed by atoms with Crippen molar-refractivity contribution in [1.29, 1.82) is 0 Å². The fraction of sp³-hybridized carbons (Fsp3) is 0.714. The molecule has 0 atom stereocenters. The van der Waals surface area contributed by atoms with Gasteiger partial charge >= 0.3 is 150 Å². The molecule has 1 aromatic rings. The van der Waals surface area contributed by atoms with E-state index in [2.05, 4.69) is 60.6 Å². The van der Waals surface area contributed by atoms with Gasteiger partial charge in [-0.1, -0.05) is 0 Å². The van der Waals surface area contributed by atoms with Gasteiger partial charge in [-0.05, 0) is 0 Å². The van der Waals surface area contributed by atoms with Gasteiger partial charge in [0, 0.05) is 0 Å². The van der Waals surface area contributed by atoms with Crippen molar-refractivity contribution in [2.75, 3.05) is 0 Å². The summed E-state index contributed by atoms with van der Waals surface area (Å²) in [5.74, 6) is 0.501. The van der Waals surface area contributed by atoms with Gasteiger partial charge in [-0.15, -0.1) is 0 Å². The Labute approximate surface area is 150 Å². The molecule has 0 radical (unpaired) electrons. The van der Waals surface area contributed by atoms with Gasteiger partial charge in [0.1, 0.15) is 0 Å². The zero-order valence-corrected chi connectivity index (χ0v) is 18.0. The first kappa shape index (κ1) is 20.6. The molecule has 1 aromatic carbocycles. The Morgan fingerprint density at radius 2 is 1.35 bits per heavy atom. The average molecular weight is 383 g/mol. The fourth-order valence-corrected chi connectivity index (χ4v) is 4.90. The van der Waals surface area contributed by atoms with E-state index in [4.69, 9.17) is 0 Å². The van der Waals surface area contributed by atoms with Crippen molar-refractivity contribution in [3.8, 4) is 5.75 Å². The second kappa shape index (κ2) is 8.58. The van der Waals surface area contributed by atoms with Crippen molar-refractivity contribution in [3.05, 3.63) is 28.8 Å². The SMILES string of the molecule is CCCC[Se]CCCc1cc(C(C)(C)C)c(O)c(C(C)(C)C)c1. The zero-order chi connectivity index (χ0) is 17.7. The molecule has 0 unspecified atom stereocenters. The first-order valence-corrected chi connectivity index (χ1v) is 11.4. The number of aromatic hydroxyl groups is 1. The molecular weight excluding hydrogens is 347 g/mol. The molecule has 0 saturated carbocycles. The first-order chi connectivity index (χ1) is 10.6. The van der Waals surface area contributed by atoms with Crippen molar-refractivity contribution >= 4 is 15.0 Å². The number of benzene rings is 1. The molecule has 0 fully saturated rings. The van der Waals surface area contributed by atoms with E-state index in [-0.39, 0.29) is 10.8 Å². The fourth-order valence-electron chi connectivity index (χ4n) is 2.71. The molecule has 0 amide bonds. The molecule has 0 saturated heterocycles. The van der Waals surface area contributed by atoms with Crippen molar-refractivity contribution in [1.82, 2.24) is 0 Å². The third-order valence-electron chi connectivity index (χ3n) is 4.18. The summed E-state index contributed by atoms with van der Waals surface area (Å²) in [5.41, 5.74) is 3.54. The van der Waals surface area contributed by atoms with Crippen LogP contribution in [0.4, 0.5) is 0 Å². The van der Waals surface area contributed by atoms with Gasteiger partial charge in [0.2, 0.25) is 0 Å². The minimum absolute atomic E-state index is 0.0227. The van der Waals surface area contributed by atoms with Crippen LogP contribution in [-0.2, 0) is 17.3 Å². The van der Waals surface area contributed by atoms with E-state index in [9.17, 15) is 5.11 Å². The van der Waals surface area contributed by atoms with Crippen LogP contribution in [0.1, 0.15) is 84.4 Å². The normalized spacial score (nSPS) is 12.7. The predicted octanol–water partition coefficient (Wildman–Crippen LogP) is 6.26. The third-order valence-corrected chi connectivity index (χ3v) is 6.60. The van der Waals surface area contributed by atoms with E-state index in [1.807, 2.05) is 0 Å². The number of hydrogen-bond donors (Lipinski definition) is 1. The van der Waals surface area contributed by atoms with Crippen LogP contribution in [0.5, 0.6) is 5.75 Å². The van der Waals surface area contributed by atoms with Crippen LogP contribution in [0, 0.1) is 0 Å². The van der Waals surface area contributed by atoms with Gasteiger partial charge in [-0.2, -0.15) is 0 Å². The molecule has 0 aliphatic heterocycles. The molecule has 1 rings (SSSR count). The molecule has 0 bridgehead atoms. The Morgan fingerprint density at radius 3 is 1.78 bits per heavy atom. The minimum atomic E-state index is -0.0227. The molecule has 2 heteroatoms. The van der Waals surface area contributed by atoms with Gasteiger partial charge in [-0.25, -0.2) is 0 Å². The quantitative estimate of drug-likeness (QED) is 0.435. The second-order valence-electron chi connectivity index (χ2n) is 8.61. The molecule has 1 nitrogen and oxygen atoms in total. The Morgan fingerprint density at radius 1 is 0.870 bits per heavy atom. The van der Waals surface area contributed by atoms with Crippen molar-refractivity contribution in [2.24, 2.45) is 0 Å². The summed E-state index contributed by atoms with van der Waals surface area (Å²) in [6.07, 6.45) is 5.13. The number of aryl methyl sites for hydroxylation is 1. The van der Waals surface area contributed by atoms with E-state index < -0.39 is 0 Å². The number of unbranched alkanes of at least 4 members (excludes halogenated alkanes) is 1. The van der Waals surface area contributed by atoms with Crippen LogP contribution in [0.2, 0.25) is 10.6 Å². The molecule has 0 aromatic heterocycles. The van der Waals surface area contributed by atoms with Crippen LogP contribution in [0.25, 0.3) is 0 Å². The average Bonchev–Trinajstić information content (AvgIpc) is 2.41. The molecule has 23 heavy (non-hydrogen) atoms. The summed E-state index contributed by atoms with van der Waals surface area (Å²) in [6.45, 7) is 15.4. The van der Waals surface area contributed by atoms with E-state index in [0.717, 1.165) is 32.5 Å². The molecule has 1 N–H and O–H groups in total. The van der Waals surface area contributed by atoms with Gasteiger partial charge < -0.3 is 0 Å². The van der Waals surface area contributed by atoms with Gasteiger partial charge in [0.15, 0.2) is 0 Å².